The lowest BCUT2D eigenvalue weighted by Crippen LogP contribution is -2.40. The van der Waals surface area contributed by atoms with Gasteiger partial charge in [0.25, 0.3) is 0 Å². The molecule has 2 atom stereocenters. The maximum absolute atomic E-state index is 6.02. The highest BCUT2D eigenvalue weighted by Crippen LogP contribution is 2.29. The lowest BCUT2D eigenvalue weighted by atomic mass is 10.3. The largest absolute Gasteiger partial charge is 0.354 e. The molecule has 1 aliphatic rings. The number of hydrogen-bond acceptors (Lipinski definition) is 3. The Morgan fingerprint density at radius 3 is 2.59 bits per heavy atom. The summed E-state index contributed by atoms with van der Waals surface area (Å²) in [6.45, 7) is 6.58. The van der Waals surface area contributed by atoms with Crippen LogP contribution < -0.4 is 4.90 Å². The molecule has 1 aliphatic heterocycles. The second-order valence-electron chi connectivity index (χ2n) is 4.39. The third-order valence-corrected chi connectivity index (χ3v) is 4.60. The molecule has 17 heavy (non-hydrogen) atoms. The van der Waals surface area contributed by atoms with E-state index < -0.39 is 0 Å². The van der Waals surface area contributed by atoms with E-state index >= 15 is 0 Å². The summed E-state index contributed by atoms with van der Waals surface area (Å²) in [5.41, 5.74) is 0.768. The molecule has 0 bridgehead atoms. The summed E-state index contributed by atoms with van der Waals surface area (Å²) < 4.78 is 0. The number of pyridine rings is 1. The lowest BCUT2D eigenvalue weighted by molar-refractivity contribution is 0.717. The average Bonchev–Trinajstić information content (AvgIpc) is 2.28. The van der Waals surface area contributed by atoms with Crippen molar-refractivity contribution in [2.75, 3.05) is 18.0 Å². The SMILES string of the molecule is CC1CN(c2ccc(Cl)c(CCl)n2)CC(C)S1. The zero-order chi connectivity index (χ0) is 12.4. The summed E-state index contributed by atoms with van der Waals surface area (Å²) in [7, 11) is 0. The molecule has 0 saturated carbocycles. The molecular formula is C12H16Cl2N2S. The number of aromatic nitrogens is 1. The lowest BCUT2D eigenvalue weighted by Gasteiger charge is -2.35. The smallest absolute Gasteiger partial charge is 0.129 e. The van der Waals surface area contributed by atoms with E-state index in [1.54, 1.807) is 0 Å². The molecule has 2 unspecified atom stereocenters. The zero-order valence-corrected chi connectivity index (χ0v) is 12.3. The van der Waals surface area contributed by atoms with Crippen LogP contribution in [0.25, 0.3) is 0 Å². The van der Waals surface area contributed by atoms with Crippen molar-refractivity contribution in [1.29, 1.82) is 0 Å². The first-order valence-electron chi connectivity index (χ1n) is 5.72. The van der Waals surface area contributed by atoms with Gasteiger partial charge in [-0.2, -0.15) is 11.8 Å². The van der Waals surface area contributed by atoms with Crippen molar-refractivity contribution in [1.82, 2.24) is 4.98 Å². The van der Waals surface area contributed by atoms with Crippen LogP contribution in [0.15, 0.2) is 12.1 Å². The highest BCUT2D eigenvalue weighted by Gasteiger charge is 2.23. The minimum absolute atomic E-state index is 0.361. The molecule has 0 N–H and O–H groups in total. The summed E-state index contributed by atoms with van der Waals surface area (Å²) in [6, 6.07) is 3.87. The number of halogens is 2. The van der Waals surface area contributed by atoms with Crippen molar-refractivity contribution in [3.8, 4) is 0 Å². The molecule has 0 aliphatic carbocycles. The van der Waals surface area contributed by atoms with E-state index in [1.165, 1.54) is 0 Å². The molecule has 0 spiro atoms. The van der Waals surface area contributed by atoms with Crippen LogP contribution in [0, 0.1) is 0 Å². The maximum atomic E-state index is 6.02. The number of nitrogens with zero attached hydrogens (tertiary/aromatic N) is 2. The summed E-state index contributed by atoms with van der Waals surface area (Å²) in [4.78, 5) is 6.85. The third-order valence-electron chi connectivity index (χ3n) is 2.77. The summed E-state index contributed by atoms with van der Waals surface area (Å²) in [6.07, 6.45) is 0. The average molecular weight is 291 g/mol. The zero-order valence-electron chi connectivity index (χ0n) is 9.99. The molecule has 2 rings (SSSR count). The van der Waals surface area contributed by atoms with Gasteiger partial charge in [0.05, 0.1) is 16.6 Å². The van der Waals surface area contributed by atoms with Gasteiger partial charge in [-0.05, 0) is 12.1 Å². The van der Waals surface area contributed by atoms with Crippen LogP contribution in [-0.2, 0) is 5.88 Å². The van der Waals surface area contributed by atoms with Gasteiger partial charge in [-0.15, -0.1) is 11.6 Å². The number of thioether (sulfide) groups is 1. The fourth-order valence-electron chi connectivity index (χ4n) is 2.11. The molecule has 0 amide bonds. The Labute approximate surface area is 117 Å². The Morgan fingerprint density at radius 1 is 1.35 bits per heavy atom. The van der Waals surface area contributed by atoms with Gasteiger partial charge in [-0.3, -0.25) is 0 Å². The Balaban J connectivity index is 2.21. The van der Waals surface area contributed by atoms with Gasteiger partial charge < -0.3 is 4.90 Å². The van der Waals surface area contributed by atoms with Gasteiger partial charge in [-0.25, -0.2) is 4.98 Å². The fourth-order valence-corrected chi connectivity index (χ4v) is 3.88. The fraction of sp³-hybridized carbons (Fsp3) is 0.583. The predicted octanol–water partition coefficient (Wildman–Crippen LogP) is 3.80. The van der Waals surface area contributed by atoms with Crippen LogP contribution in [0.4, 0.5) is 5.82 Å². The third kappa shape index (κ3) is 3.21. The number of hydrogen-bond donors (Lipinski definition) is 0. The van der Waals surface area contributed by atoms with Gasteiger partial charge in [0.1, 0.15) is 5.82 Å². The van der Waals surface area contributed by atoms with E-state index in [9.17, 15) is 0 Å². The molecular weight excluding hydrogens is 275 g/mol. The number of rotatable bonds is 2. The van der Waals surface area contributed by atoms with Gasteiger partial charge in [0.15, 0.2) is 0 Å². The van der Waals surface area contributed by atoms with Gasteiger partial charge in [0.2, 0.25) is 0 Å². The van der Waals surface area contributed by atoms with Crippen LogP contribution in [0.5, 0.6) is 0 Å². The van der Waals surface area contributed by atoms with Gasteiger partial charge >= 0.3 is 0 Å². The van der Waals surface area contributed by atoms with E-state index in [1.807, 2.05) is 23.9 Å². The minimum Gasteiger partial charge on any atom is -0.354 e. The summed E-state index contributed by atoms with van der Waals surface area (Å²) in [5, 5.41) is 1.92. The number of anilines is 1. The van der Waals surface area contributed by atoms with Crippen molar-refractivity contribution in [3.05, 3.63) is 22.8 Å². The van der Waals surface area contributed by atoms with E-state index in [0.717, 1.165) is 24.6 Å². The first-order chi connectivity index (χ1) is 8.10. The molecule has 94 valence electrons. The summed E-state index contributed by atoms with van der Waals surface area (Å²) in [5.74, 6) is 1.35. The molecule has 2 heterocycles. The standard InChI is InChI=1S/C12H16Cl2N2S/c1-8-6-16(7-9(2)17-8)12-4-3-10(14)11(5-13)15-12/h3-4,8-9H,5-7H2,1-2H3. The van der Waals surface area contributed by atoms with E-state index in [2.05, 4.69) is 23.7 Å². The monoisotopic (exact) mass is 290 g/mol. The first-order valence-corrected chi connectivity index (χ1v) is 7.57. The van der Waals surface area contributed by atoms with Crippen molar-refractivity contribution < 1.29 is 0 Å². The van der Waals surface area contributed by atoms with Crippen molar-refractivity contribution in [3.63, 3.8) is 0 Å². The molecule has 1 fully saturated rings. The molecule has 1 saturated heterocycles. The van der Waals surface area contributed by atoms with Crippen molar-refractivity contribution in [2.45, 2.75) is 30.2 Å². The van der Waals surface area contributed by atoms with E-state index in [4.69, 9.17) is 23.2 Å². The summed E-state index contributed by atoms with van der Waals surface area (Å²) >= 11 is 13.9. The Morgan fingerprint density at radius 2 is 2.00 bits per heavy atom. The molecule has 2 nitrogen and oxygen atoms in total. The molecule has 5 heteroatoms. The Bertz CT molecular complexity index is 390. The van der Waals surface area contributed by atoms with Gasteiger partial charge in [0, 0.05) is 23.6 Å². The Hall–Kier alpha value is -0.120. The minimum atomic E-state index is 0.361. The Kier molecular flexibility index (Phi) is 4.45. The molecule has 1 aromatic heterocycles. The second kappa shape index (κ2) is 5.68. The van der Waals surface area contributed by atoms with Crippen molar-refractivity contribution >= 4 is 40.8 Å². The van der Waals surface area contributed by atoms with Crippen LogP contribution in [-0.4, -0.2) is 28.6 Å². The highest BCUT2D eigenvalue weighted by molar-refractivity contribution is 8.00. The highest BCUT2D eigenvalue weighted by atomic mass is 35.5. The van der Waals surface area contributed by atoms with Crippen LogP contribution in [0.2, 0.25) is 5.02 Å². The van der Waals surface area contributed by atoms with Crippen LogP contribution in [0.1, 0.15) is 19.5 Å². The molecule has 0 aromatic carbocycles. The van der Waals surface area contributed by atoms with Crippen molar-refractivity contribution in [2.24, 2.45) is 0 Å². The maximum Gasteiger partial charge on any atom is 0.129 e. The normalized spacial score (nSPS) is 25.1. The molecule has 1 aromatic rings. The number of alkyl halides is 1. The quantitative estimate of drug-likeness (QED) is 0.771. The molecule has 0 radical (unpaired) electrons. The second-order valence-corrected chi connectivity index (χ2v) is 6.95. The van der Waals surface area contributed by atoms with Crippen LogP contribution in [0.3, 0.4) is 0 Å². The van der Waals surface area contributed by atoms with Crippen LogP contribution >= 0.6 is 35.0 Å². The predicted molar refractivity (Wildman–Crippen MR) is 77.5 cm³/mol. The van der Waals surface area contributed by atoms with Gasteiger partial charge in [-0.1, -0.05) is 25.4 Å². The van der Waals surface area contributed by atoms with E-state index in [-0.39, 0.29) is 0 Å². The van der Waals surface area contributed by atoms with E-state index in [0.29, 0.717) is 21.4 Å². The first kappa shape index (κ1) is 13.3. The topological polar surface area (TPSA) is 16.1 Å².